The van der Waals surface area contributed by atoms with Gasteiger partial charge in [0, 0.05) is 11.6 Å². The maximum Gasteiger partial charge on any atom is 0.237 e. The summed E-state index contributed by atoms with van der Waals surface area (Å²) in [6.45, 7) is 2.31. The number of halogens is 2. The summed E-state index contributed by atoms with van der Waals surface area (Å²) in [6, 6.07) is 12.2. The molecule has 0 saturated carbocycles. The summed E-state index contributed by atoms with van der Waals surface area (Å²) in [6.07, 6.45) is 5.20. The van der Waals surface area contributed by atoms with Gasteiger partial charge in [0.15, 0.2) is 17.4 Å². The van der Waals surface area contributed by atoms with Crippen molar-refractivity contribution in [2.24, 2.45) is 0 Å². The minimum absolute atomic E-state index is 0.263. The molecule has 0 bridgehead atoms. The van der Waals surface area contributed by atoms with Crippen molar-refractivity contribution < 1.29 is 14.1 Å². The highest BCUT2D eigenvalue weighted by molar-refractivity contribution is 7.81. The molecule has 27 heavy (non-hydrogen) atoms. The average molecular weight is 419 g/mol. The van der Waals surface area contributed by atoms with Gasteiger partial charge in [-0.2, -0.15) is 4.57 Å². The Bertz CT molecular complexity index is 1000. The van der Waals surface area contributed by atoms with Gasteiger partial charge in [-0.25, -0.2) is 0 Å². The maximum atomic E-state index is 13.2. The molecule has 138 valence electrons. The van der Waals surface area contributed by atoms with E-state index in [4.69, 9.17) is 39.8 Å². The molecule has 4 nitrogen and oxygen atoms in total. The molecule has 1 aromatic carbocycles. The van der Waals surface area contributed by atoms with Gasteiger partial charge in [0.05, 0.1) is 22.9 Å². The molecule has 0 aliphatic rings. The second-order valence-electron chi connectivity index (χ2n) is 5.86. The van der Waals surface area contributed by atoms with Gasteiger partial charge in [-0.15, -0.1) is 0 Å². The fourth-order valence-corrected chi connectivity index (χ4v) is 3.08. The lowest BCUT2D eigenvalue weighted by atomic mass is 10.1. The Labute approximate surface area is 172 Å². The Hall–Kier alpha value is -2.34. The van der Waals surface area contributed by atoms with Gasteiger partial charge in [0.1, 0.15) is 5.76 Å². The number of hydrogen-bond acceptors (Lipinski definition) is 3. The lowest BCUT2D eigenvalue weighted by Crippen LogP contribution is -2.42. The van der Waals surface area contributed by atoms with Crippen LogP contribution in [-0.4, -0.2) is 4.99 Å². The van der Waals surface area contributed by atoms with Crippen molar-refractivity contribution in [1.82, 2.24) is 5.32 Å². The molecule has 2 aromatic heterocycles. The van der Waals surface area contributed by atoms with Crippen LogP contribution in [0.1, 0.15) is 16.9 Å². The van der Waals surface area contributed by atoms with Crippen LogP contribution in [0.5, 0.6) is 0 Å². The van der Waals surface area contributed by atoms with Gasteiger partial charge < -0.3 is 14.8 Å². The largest absolute Gasteiger partial charge is 0.867 e. The molecule has 0 aliphatic heterocycles. The third kappa shape index (κ3) is 4.69. The molecular formula is C20H16Cl2N2O2S. The molecule has 0 amide bonds. The van der Waals surface area contributed by atoms with Crippen LogP contribution in [-0.2, 0) is 6.54 Å². The molecule has 0 fully saturated rings. The highest BCUT2D eigenvalue weighted by Gasteiger charge is 2.19. The summed E-state index contributed by atoms with van der Waals surface area (Å²) in [4.78, 5) is 0.304. The predicted molar refractivity (Wildman–Crippen MR) is 109 cm³/mol. The number of aromatic nitrogens is 1. The molecule has 1 N–H and O–H groups in total. The molecule has 2 heterocycles. The van der Waals surface area contributed by atoms with Gasteiger partial charge in [-0.05, 0) is 48.6 Å². The van der Waals surface area contributed by atoms with Crippen LogP contribution in [0.15, 0.2) is 65.5 Å². The van der Waals surface area contributed by atoms with Gasteiger partial charge in [0.2, 0.25) is 5.70 Å². The van der Waals surface area contributed by atoms with E-state index in [0.29, 0.717) is 38.6 Å². The minimum atomic E-state index is -0.263. The highest BCUT2D eigenvalue weighted by atomic mass is 35.5. The minimum Gasteiger partial charge on any atom is -0.867 e. The third-order valence-electron chi connectivity index (χ3n) is 3.82. The van der Waals surface area contributed by atoms with Crippen molar-refractivity contribution in [3.05, 3.63) is 88.1 Å². The maximum absolute atomic E-state index is 13.2. The first-order chi connectivity index (χ1) is 13.0. The zero-order chi connectivity index (χ0) is 19.4. The SMILES string of the molecule is Cc1ccc[n+](/C(C(=S)NCc2ccco2)=C(/[O-])c2ccc(Cl)c(Cl)c2)c1. The summed E-state index contributed by atoms with van der Waals surface area (Å²) in [5.41, 5.74) is 1.71. The zero-order valence-corrected chi connectivity index (χ0v) is 16.7. The first-order valence-corrected chi connectivity index (χ1v) is 9.27. The number of furan rings is 1. The van der Waals surface area contributed by atoms with E-state index in [-0.39, 0.29) is 5.76 Å². The van der Waals surface area contributed by atoms with Crippen molar-refractivity contribution >= 4 is 51.9 Å². The van der Waals surface area contributed by atoms with Crippen LogP contribution in [0.3, 0.4) is 0 Å². The number of hydrogen-bond donors (Lipinski definition) is 1. The van der Waals surface area contributed by atoms with Crippen LogP contribution in [0.25, 0.3) is 11.5 Å². The number of nitrogens with one attached hydrogen (secondary N) is 1. The lowest BCUT2D eigenvalue weighted by Gasteiger charge is -2.17. The summed E-state index contributed by atoms with van der Waals surface area (Å²) in [5.74, 6) is 0.453. The molecule has 7 heteroatoms. The molecule has 0 aliphatic carbocycles. The number of aryl methyl sites for hydroxylation is 1. The van der Waals surface area contributed by atoms with Crippen LogP contribution in [0.4, 0.5) is 0 Å². The zero-order valence-electron chi connectivity index (χ0n) is 14.4. The van der Waals surface area contributed by atoms with Gasteiger partial charge in [-0.1, -0.05) is 41.5 Å². The highest BCUT2D eigenvalue weighted by Crippen LogP contribution is 2.26. The molecule has 0 unspecified atom stereocenters. The molecule has 3 aromatic rings. The Morgan fingerprint density at radius 2 is 2.00 bits per heavy atom. The first kappa shape index (κ1) is 19.4. The molecule has 0 atom stereocenters. The van der Waals surface area contributed by atoms with E-state index in [1.54, 1.807) is 35.2 Å². The van der Waals surface area contributed by atoms with Gasteiger partial charge in [0.25, 0.3) is 0 Å². The van der Waals surface area contributed by atoms with Crippen molar-refractivity contribution in [3.8, 4) is 0 Å². The van der Waals surface area contributed by atoms with Crippen molar-refractivity contribution in [2.45, 2.75) is 13.5 Å². The fraction of sp³-hybridized carbons (Fsp3) is 0.100. The predicted octanol–water partition coefficient (Wildman–Crippen LogP) is 3.99. The molecule has 0 saturated heterocycles. The first-order valence-electron chi connectivity index (χ1n) is 8.11. The van der Waals surface area contributed by atoms with E-state index in [9.17, 15) is 5.11 Å². The van der Waals surface area contributed by atoms with Crippen LogP contribution in [0, 0.1) is 6.92 Å². The Morgan fingerprint density at radius 1 is 1.19 bits per heavy atom. The van der Waals surface area contributed by atoms with E-state index >= 15 is 0 Å². The topological polar surface area (TPSA) is 52.1 Å². The second-order valence-corrected chi connectivity index (χ2v) is 7.08. The molecule has 3 rings (SSSR count). The van der Waals surface area contributed by atoms with Crippen LogP contribution in [0.2, 0.25) is 10.0 Å². The van der Waals surface area contributed by atoms with Gasteiger partial charge >= 0.3 is 0 Å². The average Bonchev–Trinajstić information content (AvgIpc) is 3.16. The normalized spacial score (nSPS) is 11.8. The Kier molecular flexibility index (Phi) is 6.16. The number of thiocarbonyl (C=S) groups is 1. The van der Waals surface area contributed by atoms with Crippen LogP contribution < -0.4 is 15.0 Å². The second kappa shape index (κ2) is 8.57. The molecule has 0 spiro atoms. The molecular weight excluding hydrogens is 403 g/mol. The molecule has 0 radical (unpaired) electrons. The van der Waals surface area contributed by atoms with Gasteiger partial charge in [-0.3, -0.25) is 0 Å². The monoisotopic (exact) mass is 418 g/mol. The Balaban J connectivity index is 2.03. The summed E-state index contributed by atoms with van der Waals surface area (Å²) in [5, 5.41) is 17.0. The van der Waals surface area contributed by atoms with E-state index in [0.717, 1.165) is 5.56 Å². The third-order valence-corrected chi connectivity index (χ3v) is 4.90. The lowest BCUT2D eigenvalue weighted by molar-refractivity contribution is -0.578. The van der Waals surface area contributed by atoms with E-state index in [1.807, 2.05) is 31.3 Å². The summed E-state index contributed by atoms with van der Waals surface area (Å²) >= 11 is 17.6. The summed E-state index contributed by atoms with van der Waals surface area (Å²) < 4.78 is 7.01. The Morgan fingerprint density at radius 3 is 2.67 bits per heavy atom. The van der Waals surface area contributed by atoms with E-state index in [1.165, 1.54) is 6.07 Å². The number of pyridine rings is 1. The van der Waals surface area contributed by atoms with Crippen molar-refractivity contribution in [2.75, 3.05) is 0 Å². The standard InChI is InChI=1S/C20H16Cl2N2O2S/c1-13-4-2-8-24(12-13)18(20(27)23-11-15-5-3-9-26-15)19(25)14-6-7-16(21)17(22)10-14/h2-10,12H,11H2,1H3,(H-,23,25,27). The van der Waals surface area contributed by atoms with E-state index in [2.05, 4.69) is 5.32 Å². The van der Waals surface area contributed by atoms with Crippen LogP contribution >= 0.6 is 35.4 Å². The van der Waals surface area contributed by atoms with Crippen molar-refractivity contribution in [1.29, 1.82) is 0 Å². The fourth-order valence-electron chi connectivity index (χ4n) is 2.51. The number of rotatable bonds is 5. The quantitative estimate of drug-likeness (QED) is 0.294. The van der Waals surface area contributed by atoms with Crippen molar-refractivity contribution in [3.63, 3.8) is 0 Å². The smallest absolute Gasteiger partial charge is 0.237 e. The summed E-state index contributed by atoms with van der Waals surface area (Å²) in [7, 11) is 0. The number of nitrogens with zero attached hydrogens (tertiary/aromatic N) is 1. The number of benzene rings is 1. The van der Waals surface area contributed by atoms with E-state index < -0.39 is 0 Å².